The summed E-state index contributed by atoms with van der Waals surface area (Å²) in [6, 6.07) is 0.760. The monoisotopic (exact) mass is 197 g/mol. The molecule has 0 aromatic heterocycles. The summed E-state index contributed by atoms with van der Waals surface area (Å²) in [6.45, 7) is 4.61. The first-order valence-electron chi connectivity index (χ1n) is 5.81. The van der Waals surface area contributed by atoms with Crippen LogP contribution in [-0.4, -0.2) is 56.1 Å². The van der Waals surface area contributed by atoms with E-state index >= 15 is 0 Å². The first kappa shape index (κ1) is 10.4. The van der Waals surface area contributed by atoms with Crippen LogP contribution in [0, 0.1) is 11.8 Å². The molecular weight excluding hydrogens is 174 g/mol. The molecule has 2 heterocycles. The van der Waals surface area contributed by atoms with Crippen molar-refractivity contribution in [3.05, 3.63) is 0 Å². The molecule has 0 amide bonds. The zero-order chi connectivity index (χ0) is 10.1. The standard InChI is InChI=1S/C11H23N3/c1-13-5-4-10-9(7-12)3-6-14(2)11(10)8-13/h9-11H,3-8,12H2,1-2H3. The predicted octanol–water partition coefficient (Wildman–Crippen LogP) is 0.217. The highest BCUT2D eigenvalue weighted by atomic mass is 15.2. The van der Waals surface area contributed by atoms with Gasteiger partial charge in [0.15, 0.2) is 0 Å². The summed E-state index contributed by atoms with van der Waals surface area (Å²) in [5.41, 5.74) is 5.86. The number of hydrogen-bond donors (Lipinski definition) is 1. The van der Waals surface area contributed by atoms with Crippen LogP contribution in [0.4, 0.5) is 0 Å². The zero-order valence-electron chi connectivity index (χ0n) is 9.45. The SMILES string of the molecule is CN1CCC2C(CN)CCN(C)C2C1. The molecule has 0 radical (unpaired) electrons. The van der Waals surface area contributed by atoms with Gasteiger partial charge in [-0.05, 0) is 58.4 Å². The second-order valence-corrected chi connectivity index (χ2v) is 5.05. The van der Waals surface area contributed by atoms with E-state index < -0.39 is 0 Å². The third kappa shape index (κ3) is 1.81. The molecule has 0 saturated carbocycles. The van der Waals surface area contributed by atoms with Crippen LogP contribution in [-0.2, 0) is 0 Å². The molecule has 2 aliphatic rings. The minimum atomic E-state index is 0.760. The summed E-state index contributed by atoms with van der Waals surface area (Å²) in [5, 5.41) is 0. The second kappa shape index (κ2) is 4.17. The van der Waals surface area contributed by atoms with Gasteiger partial charge in [0, 0.05) is 12.6 Å². The van der Waals surface area contributed by atoms with E-state index in [4.69, 9.17) is 5.73 Å². The van der Waals surface area contributed by atoms with Gasteiger partial charge < -0.3 is 15.5 Å². The van der Waals surface area contributed by atoms with Crippen LogP contribution in [0.15, 0.2) is 0 Å². The lowest BCUT2D eigenvalue weighted by molar-refractivity contribution is 0.0124. The number of likely N-dealkylation sites (tertiary alicyclic amines) is 2. The molecule has 82 valence electrons. The fraction of sp³-hybridized carbons (Fsp3) is 1.00. The van der Waals surface area contributed by atoms with Crippen LogP contribution in [0.25, 0.3) is 0 Å². The van der Waals surface area contributed by atoms with Gasteiger partial charge in [-0.1, -0.05) is 0 Å². The van der Waals surface area contributed by atoms with Gasteiger partial charge in [-0.3, -0.25) is 0 Å². The molecule has 0 aromatic rings. The fourth-order valence-corrected chi connectivity index (χ4v) is 3.17. The molecule has 2 saturated heterocycles. The van der Waals surface area contributed by atoms with Crippen molar-refractivity contribution in [3.63, 3.8) is 0 Å². The first-order valence-corrected chi connectivity index (χ1v) is 5.81. The topological polar surface area (TPSA) is 32.5 Å². The Labute approximate surface area is 87.2 Å². The van der Waals surface area contributed by atoms with Crippen molar-refractivity contribution in [2.75, 3.05) is 40.3 Å². The molecule has 0 bridgehead atoms. The van der Waals surface area contributed by atoms with Gasteiger partial charge in [0.25, 0.3) is 0 Å². The van der Waals surface area contributed by atoms with Gasteiger partial charge >= 0.3 is 0 Å². The van der Waals surface area contributed by atoms with Crippen LogP contribution in [0.5, 0.6) is 0 Å². The molecule has 2 fully saturated rings. The van der Waals surface area contributed by atoms with E-state index in [2.05, 4.69) is 23.9 Å². The van der Waals surface area contributed by atoms with E-state index in [1.165, 1.54) is 32.5 Å². The minimum absolute atomic E-state index is 0.760. The maximum atomic E-state index is 5.86. The highest BCUT2D eigenvalue weighted by molar-refractivity contribution is 4.93. The molecule has 3 unspecified atom stereocenters. The minimum Gasteiger partial charge on any atom is -0.330 e. The Morgan fingerprint density at radius 2 is 2.00 bits per heavy atom. The maximum Gasteiger partial charge on any atom is 0.0251 e. The quantitative estimate of drug-likeness (QED) is 0.652. The van der Waals surface area contributed by atoms with Crippen LogP contribution in [0.1, 0.15) is 12.8 Å². The van der Waals surface area contributed by atoms with Crippen LogP contribution < -0.4 is 5.73 Å². The highest BCUT2D eigenvalue weighted by Gasteiger charge is 2.38. The fourth-order valence-electron chi connectivity index (χ4n) is 3.17. The number of nitrogens with zero attached hydrogens (tertiary/aromatic N) is 2. The molecule has 2 N–H and O–H groups in total. The Bertz CT molecular complexity index is 195. The van der Waals surface area contributed by atoms with Gasteiger partial charge in [0.1, 0.15) is 0 Å². The van der Waals surface area contributed by atoms with Gasteiger partial charge in [-0.15, -0.1) is 0 Å². The third-order valence-electron chi connectivity index (χ3n) is 4.16. The largest absolute Gasteiger partial charge is 0.330 e. The summed E-state index contributed by atoms with van der Waals surface area (Å²) in [7, 11) is 4.50. The molecule has 3 heteroatoms. The average Bonchev–Trinajstić information content (AvgIpc) is 2.19. The van der Waals surface area contributed by atoms with E-state index in [9.17, 15) is 0 Å². The normalized spacial score (nSPS) is 40.9. The van der Waals surface area contributed by atoms with Crippen molar-refractivity contribution in [2.45, 2.75) is 18.9 Å². The molecule has 0 aromatic carbocycles. The number of likely N-dealkylation sites (N-methyl/N-ethyl adjacent to an activating group) is 2. The van der Waals surface area contributed by atoms with Crippen molar-refractivity contribution >= 4 is 0 Å². The molecule has 0 spiro atoms. The molecule has 14 heavy (non-hydrogen) atoms. The lowest BCUT2D eigenvalue weighted by Gasteiger charge is -2.48. The van der Waals surface area contributed by atoms with Crippen molar-refractivity contribution in [3.8, 4) is 0 Å². The summed E-state index contributed by atoms with van der Waals surface area (Å²) >= 11 is 0. The zero-order valence-corrected chi connectivity index (χ0v) is 9.45. The predicted molar refractivity (Wildman–Crippen MR) is 59.2 cm³/mol. The van der Waals surface area contributed by atoms with E-state index in [0.29, 0.717) is 0 Å². The number of rotatable bonds is 1. The van der Waals surface area contributed by atoms with E-state index in [1.54, 1.807) is 0 Å². The number of nitrogens with two attached hydrogens (primary N) is 1. The Morgan fingerprint density at radius 3 is 2.71 bits per heavy atom. The third-order valence-corrected chi connectivity index (χ3v) is 4.16. The summed E-state index contributed by atoms with van der Waals surface area (Å²) < 4.78 is 0. The first-order chi connectivity index (χ1) is 6.72. The highest BCUT2D eigenvalue weighted by Crippen LogP contribution is 2.33. The molecule has 2 rings (SSSR count). The molecule has 2 aliphatic heterocycles. The molecule has 3 nitrogen and oxygen atoms in total. The van der Waals surface area contributed by atoms with E-state index in [1.807, 2.05) is 0 Å². The van der Waals surface area contributed by atoms with Crippen molar-refractivity contribution in [2.24, 2.45) is 17.6 Å². The Kier molecular flexibility index (Phi) is 3.10. The lowest BCUT2D eigenvalue weighted by Crippen LogP contribution is -2.56. The summed E-state index contributed by atoms with van der Waals surface area (Å²) in [6.07, 6.45) is 2.64. The van der Waals surface area contributed by atoms with Gasteiger partial charge in [-0.25, -0.2) is 0 Å². The Balaban J connectivity index is 2.06. The molecule has 0 aliphatic carbocycles. The summed E-state index contributed by atoms with van der Waals surface area (Å²) in [4.78, 5) is 4.99. The number of hydrogen-bond acceptors (Lipinski definition) is 3. The molecule has 3 atom stereocenters. The smallest absolute Gasteiger partial charge is 0.0251 e. The average molecular weight is 197 g/mol. The van der Waals surface area contributed by atoms with Gasteiger partial charge in [0.2, 0.25) is 0 Å². The molecular formula is C11H23N3. The number of piperidine rings is 2. The van der Waals surface area contributed by atoms with Gasteiger partial charge in [0.05, 0.1) is 0 Å². The second-order valence-electron chi connectivity index (χ2n) is 5.05. The Hall–Kier alpha value is -0.120. The van der Waals surface area contributed by atoms with Gasteiger partial charge in [-0.2, -0.15) is 0 Å². The lowest BCUT2D eigenvalue weighted by atomic mass is 9.76. The number of fused-ring (bicyclic) bond motifs is 1. The van der Waals surface area contributed by atoms with Crippen molar-refractivity contribution in [1.29, 1.82) is 0 Å². The van der Waals surface area contributed by atoms with E-state index in [-0.39, 0.29) is 0 Å². The summed E-state index contributed by atoms with van der Waals surface area (Å²) in [5.74, 6) is 1.64. The Morgan fingerprint density at radius 1 is 1.21 bits per heavy atom. The maximum absolute atomic E-state index is 5.86. The van der Waals surface area contributed by atoms with Crippen LogP contribution in [0.3, 0.4) is 0 Å². The van der Waals surface area contributed by atoms with Crippen LogP contribution >= 0.6 is 0 Å². The van der Waals surface area contributed by atoms with Crippen LogP contribution in [0.2, 0.25) is 0 Å². The van der Waals surface area contributed by atoms with Crippen molar-refractivity contribution < 1.29 is 0 Å². The van der Waals surface area contributed by atoms with Crippen molar-refractivity contribution in [1.82, 2.24) is 9.80 Å². The van der Waals surface area contributed by atoms with E-state index in [0.717, 1.165) is 24.4 Å².